The summed E-state index contributed by atoms with van der Waals surface area (Å²) in [5.74, 6) is 0. The fourth-order valence-electron chi connectivity index (χ4n) is 3.12. The third-order valence-corrected chi connectivity index (χ3v) is 4.71. The Morgan fingerprint density at radius 1 is 0.958 bits per heavy atom. The average Bonchev–Trinajstić information content (AvgIpc) is 2.93. The van der Waals surface area contributed by atoms with Crippen molar-refractivity contribution in [3.8, 4) is 16.9 Å². The van der Waals surface area contributed by atoms with E-state index >= 15 is 0 Å². The summed E-state index contributed by atoms with van der Waals surface area (Å²) in [6.45, 7) is 8.98. The van der Waals surface area contributed by atoms with E-state index < -0.39 is 0 Å². The number of pyridine rings is 1. The monoisotopic (exact) mass is 321 g/mol. The predicted molar refractivity (Wildman–Crippen MR) is 97.0 cm³/mol. The zero-order valence-corrected chi connectivity index (χ0v) is 15.5. The van der Waals surface area contributed by atoms with Crippen LogP contribution in [0.3, 0.4) is 0 Å². The third-order valence-electron chi connectivity index (χ3n) is 4.71. The highest BCUT2D eigenvalue weighted by atomic mass is 15.4. The second-order valence-corrected chi connectivity index (χ2v) is 7.52. The van der Waals surface area contributed by atoms with E-state index in [1.165, 1.54) is 28.1 Å². The number of rotatable bonds is 2. The average molecular weight is 321 g/mol. The van der Waals surface area contributed by atoms with Crippen LogP contribution in [0.5, 0.6) is 0 Å². The lowest BCUT2D eigenvalue weighted by Crippen LogP contribution is -2.37. The molecule has 0 amide bonds. The molecule has 0 saturated heterocycles. The quantitative estimate of drug-likeness (QED) is 0.642. The van der Waals surface area contributed by atoms with Gasteiger partial charge in [-0.15, -0.1) is 9.36 Å². The lowest BCUT2D eigenvalue weighted by molar-refractivity contribution is -0.744. The van der Waals surface area contributed by atoms with Gasteiger partial charge in [0.05, 0.1) is 11.8 Å². The molecule has 3 rings (SSSR count). The summed E-state index contributed by atoms with van der Waals surface area (Å²) in [5, 5.41) is 0. The van der Waals surface area contributed by atoms with Crippen molar-refractivity contribution in [3.05, 3.63) is 66.1 Å². The maximum Gasteiger partial charge on any atom is 0.212 e. The van der Waals surface area contributed by atoms with Crippen LogP contribution in [0, 0.1) is 6.92 Å². The molecule has 0 saturated carbocycles. The van der Waals surface area contributed by atoms with Crippen molar-refractivity contribution in [3.63, 3.8) is 0 Å². The van der Waals surface area contributed by atoms with Crippen LogP contribution in [0.15, 0.2) is 55.0 Å². The molecule has 24 heavy (non-hydrogen) atoms. The van der Waals surface area contributed by atoms with Gasteiger partial charge >= 0.3 is 0 Å². The molecule has 3 nitrogen and oxygen atoms in total. The fourth-order valence-corrected chi connectivity index (χ4v) is 3.12. The number of aromatic nitrogens is 3. The number of nitrogens with zero attached hydrogens (tertiary/aromatic N) is 3. The summed E-state index contributed by atoms with van der Waals surface area (Å²) in [4.78, 5) is 0. The van der Waals surface area contributed by atoms with Gasteiger partial charge in [0.15, 0.2) is 19.4 Å². The minimum atomic E-state index is 0.140. The van der Waals surface area contributed by atoms with Gasteiger partial charge in [-0.25, -0.2) is 4.57 Å². The van der Waals surface area contributed by atoms with E-state index in [-0.39, 0.29) is 5.41 Å². The summed E-state index contributed by atoms with van der Waals surface area (Å²) in [7, 11) is 4.18. The Morgan fingerprint density at radius 2 is 1.71 bits per heavy atom. The maximum atomic E-state index is 2.32. The van der Waals surface area contributed by atoms with E-state index in [9.17, 15) is 0 Å². The standard InChI is InChI=1S/C21H27N3/c1-16-18(9-7-10-19(16)24-13-8-12-23(24)6)20-15-17(21(2,3)4)11-14-22(20)5/h7-15H,1-6H3/q+2. The Kier molecular flexibility index (Phi) is 4.04. The molecule has 0 bridgehead atoms. The van der Waals surface area contributed by atoms with Gasteiger partial charge in [0.2, 0.25) is 5.69 Å². The highest BCUT2D eigenvalue weighted by Crippen LogP contribution is 2.28. The minimum Gasteiger partial charge on any atom is -0.201 e. The van der Waals surface area contributed by atoms with Gasteiger partial charge in [0.25, 0.3) is 0 Å². The molecular weight excluding hydrogens is 294 g/mol. The van der Waals surface area contributed by atoms with Crippen molar-refractivity contribution in [2.75, 3.05) is 0 Å². The van der Waals surface area contributed by atoms with Crippen molar-refractivity contribution < 1.29 is 9.25 Å². The molecule has 2 aromatic heterocycles. The molecule has 1 aromatic carbocycles. The van der Waals surface area contributed by atoms with Gasteiger partial charge in [0.1, 0.15) is 12.7 Å². The van der Waals surface area contributed by atoms with Crippen LogP contribution in [0.25, 0.3) is 16.9 Å². The molecule has 2 heterocycles. The molecule has 3 heteroatoms. The first-order chi connectivity index (χ1) is 11.3. The summed E-state index contributed by atoms with van der Waals surface area (Å²) in [5.41, 5.74) is 6.51. The van der Waals surface area contributed by atoms with Crippen LogP contribution in [0.4, 0.5) is 0 Å². The van der Waals surface area contributed by atoms with Crippen molar-refractivity contribution in [1.82, 2.24) is 4.68 Å². The molecule has 0 atom stereocenters. The van der Waals surface area contributed by atoms with E-state index in [1.807, 2.05) is 0 Å². The SMILES string of the molecule is Cc1c(-c2cc(C(C)(C)C)cc[n+]2C)cccc1-n1ccc[n+]1C. The van der Waals surface area contributed by atoms with Crippen LogP contribution in [-0.2, 0) is 19.5 Å². The molecular formula is C21H27N3+2. The van der Waals surface area contributed by atoms with E-state index in [2.05, 4.69) is 111 Å². The number of hydrogen-bond acceptors (Lipinski definition) is 0. The van der Waals surface area contributed by atoms with Gasteiger partial charge < -0.3 is 0 Å². The fraction of sp³-hybridized carbons (Fsp3) is 0.333. The predicted octanol–water partition coefficient (Wildman–Crippen LogP) is 3.40. The van der Waals surface area contributed by atoms with Crippen LogP contribution in [0.1, 0.15) is 31.9 Å². The van der Waals surface area contributed by atoms with Gasteiger partial charge in [-0.3, -0.25) is 0 Å². The Bertz CT molecular complexity index is 882. The van der Waals surface area contributed by atoms with Crippen molar-refractivity contribution >= 4 is 0 Å². The molecule has 0 aliphatic rings. The maximum absolute atomic E-state index is 2.32. The number of benzene rings is 1. The Hall–Kier alpha value is -2.42. The van der Waals surface area contributed by atoms with Crippen LogP contribution >= 0.6 is 0 Å². The molecule has 0 radical (unpaired) electrons. The number of hydrogen-bond donors (Lipinski definition) is 0. The smallest absolute Gasteiger partial charge is 0.201 e. The largest absolute Gasteiger partial charge is 0.212 e. The second kappa shape index (κ2) is 5.90. The van der Waals surface area contributed by atoms with Crippen molar-refractivity contribution in [2.24, 2.45) is 14.1 Å². The van der Waals surface area contributed by atoms with Crippen LogP contribution in [-0.4, -0.2) is 4.68 Å². The highest BCUT2D eigenvalue weighted by Gasteiger charge is 2.21. The molecule has 0 fully saturated rings. The molecule has 0 aliphatic heterocycles. The van der Waals surface area contributed by atoms with Gasteiger partial charge in [-0.1, -0.05) is 26.8 Å². The molecule has 124 valence electrons. The second-order valence-electron chi connectivity index (χ2n) is 7.52. The summed E-state index contributed by atoms with van der Waals surface area (Å²) >= 11 is 0. The van der Waals surface area contributed by atoms with Crippen LogP contribution in [0.2, 0.25) is 0 Å². The van der Waals surface area contributed by atoms with E-state index in [0.717, 1.165) is 0 Å². The Labute approximate surface area is 144 Å². The van der Waals surface area contributed by atoms with Gasteiger partial charge in [-0.2, -0.15) is 0 Å². The first-order valence-electron chi connectivity index (χ1n) is 8.43. The van der Waals surface area contributed by atoms with Gasteiger partial charge in [0, 0.05) is 18.2 Å². The highest BCUT2D eigenvalue weighted by molar-refractivity contribution is 5.66. The Morgan fingerprint density at radius 3 is 2.33 bits per heavy atom. The summed E-state index contributed by atoms with van der Waals surface area (Å²) < 4.78 is 6.47. The lowest BCUT2D eigenvalue weighted by atomic mass is 9.86. The zero-order chi connectivity index (χ0) is 17.5. The zero-order valence-electron chi connectivity index (χ0n) is 15.5. The third kappa shape index (κ3) is 2.86. The van der Waals surface area contributed by atoms with Crippen molar-refractivity contribution in [1.29, 1.82) is 0 Å². The van der Waals surface area contributed by atoms with Gasteiger partial charge in [-0.05, 0) is 35.6 Å². The molecule has 0 N–H and O–H groups in total. The summed E-state index contributed by atoms with van der Waals surface area (Å²) in [6, 6.07) is 13.1. The van der Waals surface area contributed by atoms with E-state index in [4.69, 9.17) is 0 Å². The molecule has 0 aliphatic carbocycles. The molecule has 0 spiro atoms. The summed E-state index contributed by atoms with van der Waals surface area (Å²) in [6.07, 6.45) is 6.32. The topological polar surface area (TPSA) is 12.7 Å². The molecule has 3 aromatic rings. The molecule has 0 unspecified atom stereocenters. The van der Waals surface area contributed by atoms with E-state index in [0.29, 0.717) is 0 Å². The lowest BCUT2D eigenvalue weighted by Gasteiger charge is -2.19. The van der Waals surface area contributed by atoms with E-state index in [1.54, 1.807) is 0 Å². The van der Waals surface area contributed by atoms with Crippen LogP contribution < -0.4 is 9.25 Å². The number of aryl methyl sites for hydroxylation is 2. The Balaban J connectivity index is 2.20. The first-order valence-corrected chi connectivity index (χ1v) is 8.43. The van der Waals surface area contributed by atoms with Crippen molar-refractivity contribution in [2.45, 2.75) is 33.1 Å². The minimum absolute atomic E-state index is 0.140. The first kappa shape index (κ1) is 16.4. The normalized spacial score (nSPS) is 11.8.